The molecule has 5 nitrogen and oxygen atoms in total. The topological polar surface area (TPSA) is 41.7 Å². The zero-order valence-corrected chi connectivity index (χ0v) is 13.4. The second kappa shape index (κ2) is 6.46. The Morgan fingerprint density at radius 2 is 2.29 bits per heavy atom. The Labute approximate surface area is 127 Å². The van der Waals surface area contributed by atoms with E-state index < -0.39 is 0 Å². The SMILES string of the molecule is COC1CCN([C@H]2CCC[C@H]2N(C)Cc2ncc(C)o2)C1. The maximum atomic E-state index is 5.62. The van der Waals surface area contributed by atoms with E-state index in [4.69, 9.17) is 9.15 Å². The van der Waals surface area contributed by atoms with Gasteiger partial charge in [-0.3, -0.25) is 9.80 Å². The largest absolute Gasteiger partial charge is 0.445 e. The summed E-state index contributed by atoms with van der Waals surface area (Å²) in [5.41, 5.74) is 0. The van der Waals surface area contributed by atoms with Crippen LogP contribution in [0.4, 0.5) is 0 Å². The summed E-state index contributed by atoms with van der Waals surface area (Å²) < 4.78 is 11.1. The van der Waals surface area contributed by atoms with E-state index in [-0.39, 0.29) is 0 Å². The molecular weight excluding hydrogens is 266 g/mol. The molecule has 5 heteroatoms. The number of ether oxygens (including phenoxy) is 1. The molecule has 1 aromatic heterocycles. The highest BCUT2D eigenvalue weighted by molar-refractivity contribution is 4.96. The zero-order chi connectivity index (χ0) is 14.8. The van der Waals surface area contributed by atoms with Gasteiger partial charge in [-0.25, -0.2) is 4.98 Å². The van der Waals surface area contributed by atoms with Crippen molar-refractivity contribution in [2.45, 2.75) is 57.3 Å². The fraction of sp³-hybridized carbons (Fsp3) is 0.812. The second-order valence-corrected chi connectivity index (χ2v) is 6.49. The molecule has 2 aliphatic rings. The molecule has 0 spiro atoms. The van der Waals surface area contributed by atoms with Gasteiger partial charge in [0.1, 0.15) is 5.76 Å². The number of nitrogens with zero attached hydrogens (tertiary/aromatic N) is 3. The number of hydrogen-bond donors (Lipinski definition) is 0. The lowest BCUT2D eigenvalue weighted by molar-refractivity contribution is 0.0820. The quantitative estimate of drug-likeness (QED) is 0.831. The van der Waals surface area contributed by atoms with Crippen molar-refractivity contribution >= 4 is 0 Å². The van der Waals surface area contributed by atoms with Gasteiger partial charge >= 0.3 is 0 Å². The first-order valence-electron chi connectivity index (χ1n) is 8.05. The van der Waals surface area contributed by atoms with Gasteiger partial charge in [0.2, 0.25) is 5.89 Å². The van der Waals surface area contributed by atoms with Crippen molar-refractivity contribution in [3.8, 4) is 0 Å². The molecule has 21 heavy (non-hydrogen) atoms. The molecule has 3 rings (SSSR count). The molecule has 1 unspecified atom stereocenters. The smallest absolute Gasteiger partial charge is 0.208 e. The van der Waals surface area contributed by atoms with E-state index in [0.717, 1.165) is 24.7 Å². The lowest BCUT2D eigenvalue weighted by Crippen LogP contribution is -2.46. The van der Waals surface area contributed by atoms with Gasteiger partial charge in [-0.2, -0.15) is 0 Å². The molecule has 0 radical (unpaired) electrons. The molecule has 1 saturated carbocycles. The number of likely N-dealkylation sites (tertiary alicyclic amines) is 1. The van der Waals surface area contributed by atoms with Gasteiger partial charge in [0, 0.05) is 32.3 Å². The molecule has 0 amide bonds. The van der Waals surface area contributed by atoms with E-state index in [0.29, 0.717) is 18.2 Å². The van der Waals surface area contributed by atoms with Crippen LogP contribution in [0.25, 0.3) is 0 Å². The molecule has 0 bridgehead atoms. The number of methoxy groups -OCH3 is 1. The Hall–Kier alpha value is -0.910. The van der Waals surface area contributed by atoms with Gasteiger partial charge in [0.25, 0.3) is 0 Å². The first-order chi connectivity index (χ1) is 10.2. The molecule has 1 aliphatic carbocycles. The number of hydrogen-bond acceptors (Lipinski definition) is 5. The van der Waals surface area contributed by atoms with Crippen LogP contribution in [0.1, 0.15) is 37.3 Å². The highest BCUT2D eigenvalue weighted by Crippen LogP contribution is 2.31. The van der Waals surface area contributed by atoms with E-state index in [1.54, 1.807) is 6.20 Å². The van der Waals surface area contributed by atoms with Crippen LogP contribution in [-0.2, 0) is 11.3 Å². The van der Waals surface area contributed by atoms with Crippen molar-refractivity contribution in [2.24, 2.45) is 0 Å². The summed E-state index contributed by atoms with van der Waals surface area (Å²) in [5.74, 6) is 1.72. The van der Waals surface area contributed by atoms with Crippen molar-refractivity contribution < 1.29 is 9.15 Å². The van der Waals surface area contributed by atoms with Crippen LogP contribution in [0.5, 0.6) is 0 Å². The number of aromatic nitrogens is 1. The van der Waals surface area contributed by atoms with Gasteiger partial charge in [0.05, 0.1) is 18.8 Å². The monoisotopic (exact) mass is 293 g/mol. The molecule has 1 aromatic rings. The van der Waals surface area contributed by atoms with E-state index in [9.17, 15) is 0 Å². The van der Waals surface area contributed by atoms with Crippen molar-refractivity contribution in [1.82, 2.24) is 14.8 Å². The van der Waals surface area contributed by atoms with Gasteiger partial charge in [-0.15, -0.1) is 0 Å². The summed E-state index contributed by atoms with van der Waals surface area (Å²) in [6.07, 6.45) is 7.29. The average Bonchev–Trinajstić information content (AvgIpc) is 3.17. The van der Waals surface area contributed by atoms with Crippen LogP contribution in [0.2, 0.25) is 0 Å². The number of likely N-dealkylation sites (N-methyl/N-ethyl adjacent to an activating group) is 1. The molecule has 2 heterocycles. The summed E-state index contributed by atoms with van der Waals surface area (Å²) in [6.45, 7) is 5.01. The molecule has 1 aliphatic heterocycles. The summed E-state index contributed by atoms with van der Waals surface area (Å²) >= 11 is 0. The van der Waals surface area contributed by atoms with Crippen molar-refractivity contribution in [3.63, 3.8) is 0 Å². The van der Waals surface area contributed by atoms with Crippen LogP contribution in [0, 0.1) is 6.92 Å². The number of oxazole rings is 1. The Balaban J connectivity index is 1.60. The van der Waals surface area contributed by atoms with Crippen LogP contribution < -0.4 is 0 Å². The van der Waals surface area contributed by atoms with Crippen LogP contribution in [0.3, 0.4) is 0 Å². The third-order valence-corrected chi connectivity index (χ3v) is 5.04. The van der Waals surface area contributed by atoms with Crippen LogP contribution >= 0.6 is 0 Å². The van der Waals surface area contributed by atoms with E-state index in [1.165, 1.54) is 32.2 Å². The summed E-state index contributed by atoms with van der Waals surface area (Å²) in [4.78, 5) is 9.38. The Bertz CT molecular complexity index is 462. The van der Waals surface area contributed by atoms with E-state index >= 15 is 0 Å². The molecule has 2 fully saturated rings. The Kier molecular flexibility index (Phi) is 4.62. The van der Waals surface area contributed by atoms with Gasteiger partial charge in [-0.05, 0) is 33.2 Å². The van der Waals surface area contributed by atoms with Gasteiger partial charge in [-0.1, -0.05) is 6.42 Å². The highest BCUT2D eigenvalue weighted by Gasteiger charge is 2.38. The summed E-state index contributed by atoms with van der Waals surface area (Å²) in [6, 6.07) is 1.26. The molecule has 1 saturated heterocycles. The molecule has 0 aromatic carbocycles. The minimum Gasteiger partial charge on any atom is -0.445 e. The first kappa shape index (κ1) is 15.0. The minimum absolute atomic E-state index is 0.422. The third-order valence-electron chi connectivity index (χ3n) is 5.04. The zero-order valence-electron chi connectivity index (χ0n) is 13.4. The van der Waals surface area contributed by atoms with Crippen LogP contribution in [0.15, 0.2) is 10.6 Å². The standard InChI is InChI=1S/C16H27N3O2/c1-12-9-17-16(21-12)11-18(2)14-5-4-6-15(14)19-8-7-13(10-19)20-3/h9,13-15H,4-8,10-11H2,1-3H3/t13?,14-,15+/m1/s1. The second-order valence-electron chi connectivity index (χ2n) is 6.49. The predicted molar refractivity (Wildman–Crippen MR) is 81.1 cm³/mol. The minimum atomic E-state index is 0.422. The normalized spacial score (nSPS) is 30.6. The van der Waals surface area contributed by atoms with Crippen LogP contribution in [-0.4, -0.2) is 60.2 Å². The Morgan fingerprint density at radius 1 is 1.43 bits per heavy atom. The van der Waals surface area contributed by atoms with Gasteiger partial charge in [0.15, 0.2) is 0 Å². The van der Waals surface area contributed by atoms with Crippen molar-refractivity contribution in [2.75, 3.05) is 27.2 Å². The van der Waals surface area contributed by atoms with Crippen molar-refractivity contribution in [3.05, 3.63) is 17.8 Å². The van der Waals surface area contributed by atoms with Gasteiger partial charge < -0.3 is 9.15 Å². The summed E-state index contributed by atoms with van der Waals surface area (Å²) in [7, 11) is 4.03. The predicted octanol–water partition coefficient (Wildman–Crippen LogP) is 2.06. The lowest BCUT2D eigenvalue weighted by Gasteiger charge is -2.34. The molecule has 3 atom stereocenters. The number of rotatable bonds is 5. The summed E-state index contributed by atoms with van der Waals surface area (Å²) in [5, 5.41) is 0. The molecule has 0 N–H and O–H groups in total. The van der Waals surface area contributed by atoms with E-state index in [1.807, 2.05) is 14.0 Å². The lowest BCUT2D eigenvalue weighted by atomic mass is 10.1. The highest BCUT2D eigenvalue weighted by atomic mass is 16.5. The fourth-order valence-electron chi connectivity index (χ4n) is 3.91. The fourth-order valence-corrected chi connectivity index (χ4v) is 3.91. The average molecular weight is 293 g/mol. The maximum Gasteiger partial charge on any atom is 0.208 e. The van der Waals surface area contributed by atoms with E-state index in [2.05, 4.69) is 21.8 Å². The molecule has 118 valence electrons. The first-order valence-corrected chi connectivity index (χ1v) is 8.05. The van der Waals surface area contributed by atoms with Crippen molar-refractivity contribution in [1.29, 1.82) is 0 Å². The number of aryl methyl sites for hydroxylation is 1. The third kappa shape index (κ3) is 3.30. The molecular formula is C16H27N3O2. The Morgan fingerprint density at radius 3 is 2.95 bits per heavy atom. The maximum absolute atomic E-state index is 5.62.